The molecule has 3 rings (SSSR count). The van der Waals surface area contributed by atoms with Gasteiger partial charge in [0.15, 0.2) is 0 Å². The van der Waals surface area contributed by atoms with Crippen molar-refractivity contribution in [3.63, 3.8) is 0 Å². The first-order valence-electron chi connectivity index (χ1n) is 8.17. The fourth-order valence-corrected chi connectivity index (χ4v) is 4.55. The van der Waals surface area contributed by atoms with Gasteiger partial charge in [-0.2, -0.15) is 0 Å². The maximum absolute atomic E-state index is 13.2. The Hall–Kier alpha value is -1.42. The van der Waals surface area contributed by atoms with E-state index < -0.39 is 0 Å². The van der Waals surface area contributed by atoms with Gasteiger partial charge in [0.25, 0.3) is 0 Å². The summed E-state index contributed by atoms with van der Waals surface area (Å²) in [6.45, 7) is 2.08. The van der Waals surface area contributed by atoms with E-state index in [-0.39, 0.29) is 29.7 Å². The molecule has 0 aliphatic heterocycles. The average Bonchev–Trinajstić information content (AvgIpc) is 2.81. The molecule has 0 heterocycles. The molecule has 3 nitrogen and oxygen atoms in total. The normalized spacial score (nSPS) is 34.7. The van der Waals surface area contributed by atoms with Crippen molar-refractivity contribution < 1.29 is 14.3 Å². The van der Waals surface area contributed by atoms with E-state index in [0.29, 0.717) is 5.92 Å². The second kappa shape index (κ2) is 6.37. The van der Waals surface area contributed by atoms with Crippen molar-refractivity contribution in [3.05, 3.63) is 35.6 Å². The van der Waals surface area contributed by atoms with Gasteiger partial charge in [-0.05, 0) is 61.1 Å². The van der Waals surface area contributed by atoms with Crippen molar-refractivity contribution in [1.82, 2.24) is 0 Å². The monoisotopic (exact) mass is 305 g/mol. The number of nitrogens with zero attached hydrogens (tertiary/aromatic N) is 1. The van der Waals surface area contributed by atoms with Crippen LogP contribution >= 0.6 is 0 Å². The summed E-state index contributed by atoms with van der Waals surface area (Å²) in [4.78, 5) is 5.04. The second-order valence-electron chi connectivity index (χ2n) is 6.61. The van der Waals surface area contributed by atoms with Crippen LogP contribution in [0.5, 0.6) is 0 Å². The minimum Gasteiger partial charge on any atom is -0.399 e. The van der Waals surface area contributed by atoms with Gasteiger partial charge in [-0.25, -0.2) is 4.39 Å². The Bertz CT molecular complexity index is 543. The zero-order chi connectivity index (χ0) is 15.7. The third-order valence-electron chi connectivity index (χ3n) is 5.41. The zero-order valence-corrected chi connectivity index (χ0v) is 13.2. The first kappa shape index (κ1) is 15.5. The van der Waals surface area contributed by atoms with Crippen molar-refractivity contribution in [2.45, 2.75) is 44.6 Å². The van der Waals surface area contributed by atoms with Gasteiger partial charge in [0, 0.05) is 5.92 Å². The Labute approximate surface area is 131 Å². The molecule has 4 heteroatoms. The number of hydrogen-bond acceptors (Lipinski definition) is 3. The predicted molar refractivity (Wildman–Crippen MR) is 84.2 cm³/mol. The molecule has 22 heavy (non-hydrogen) atoms. The Kier molecular flexibility index (Phi) is 4.48. The van der Waals surface area contributed by atoms with Crippen molar-refractivity contribution in [1.29, 1.82) is 0 Å². The highest BCUT2D eigenvalue weighted by molar-refractivity contribution is 5.87. The molecule has 120 valence electrons. The molecule has 1 aromatic carbocycles. The van der Waals surface area contributed by atoms with Gasteiger partial charge in [0.2, 0.25) is 0 Å². The number of rotatable bonds is 4. The number of fused-ring (bicyclic) bond motifs is 2. The summed E-state index contributed by atoms with van der Waals surface area (Å²) in [7, 11) is 1.57. The molecule has 0 aromatic heterocycles. The van der Waals surface area contributed by atoms with E-state index >= 15 is 0 Å². The topological polar surface area (TPSA) is 41.8 Å². The van der Waals surface area contributed by atoms with Gasteiger partial charge >= 0.3 is 0 Å². The van der Waals surface area contributed by atoms with Crippen LogP contribution in [0.2, 0.25) is 0 Å². The highest BCUT2D eigenvalue weighted by Gasteiger charge is 2.48. The fraction of sp³-hybridized carbons (Fsp3) is 0.611. The highest BCUT2D eigenvalue weighted by atomic mass is 19.1. The van der Waals surface area contributed by atoms with Crippen molar-refractivity contribution in [2.75, 3.05) is 7.11 Å². The molecule has 2 unspecified atom stereocenters. The molecular formula is C18H24FNO2. The SMILES string of the molecule is CCC(=NOC)[C@H]1[C@H](c2ccc(F)cc2)CC2CC(O)[C@@H]1C2. The Morgan fingerprint density at radius 3 is 2.64 bits per heavy atom. The maximum Gasteiger partial charge on any atom is 0.123 e. The molecular weight excluding hydrogens is 281 g/mol. The lowest BCUT2D eigenvalue weighted by Crippen LogP contribution is -2.36. The molecule has 2 fully saturated rings. The fourth-order valence-electron chi connectivity index (χ4n) is 4.55. The quantitative estimate of drug-likeness (QED) is 0.680. The van der Waals surface area contributed by atoms with Crippen molar-refractivity contribution in [3.8, 4) is 0 Å². The van der Waals surface area contributed by atoms with E-state index in [1.165, 1.54) is 12.1 Å². The molecule has 2 bridgehead atoms. The average molecular weight is 305 g/mol. The Morgan fingerprint density at radius 2 is 2.00 bits per heavy atom. The number of aliphatic hydroxyl groups excluding tert-OH is 1. The van der Waals surface area contributed by atoms with Gasteiger partial charge in [0.1, 0.15) is 12.9 Å². The molecule has 0 saturated heterocycles. The van der Waals surface area contributed by atoms with Crippen LogP contribution in [0.3, 0.4) is 0 Å². The molecule has 5 atom stereocenters. The van der Waals surface area contributed by atoms with Crippen LogP contribution in [-0.2, 0) is 4.84 Å². The maximum atomic E-state index is 13.2. The summed E-state index contributed by atoms with van der Waals surface area (Å²) >= 11 is 0. The van der Waals surface area contributed by atoms with Crippen LogP contribution in [0.25, 0.3) is 0 Å². The summed E-state index contributed by atoms with van der Waals surface area (Å²) in [5.74, 6) is 1.06. The van der Waals surface area contributed by atoms with E-state index in [4.69, 9.17) is 4.84 Å². The molecule has 0 radical (unpaired) electrons. The Balaban J connectivity index is 1.98. The summed E-state index contributed by atoms with van der Waals surface area (Å²) < 4.78 is 13.2. The van der Waals surface area contributed by atoms with Crippen LogP contribution in [0, 0.1) is 23.6 Å². The molecule has 2 saturated carbocycles. The van der Waals surface area contributed by atoms with Crippen LogP contribution < -0.4 is 0 Å². The predicted octanol–water partition coefficient (Wildman–Crippen LogP) is 3.73. The lowest BCUT2D eigenvalue weighted by molar-refractivity contribution is 0.106. The van der Waals surface area contributed by atoms with Gasteiger partial charge < -0.3 is 9.94 Å². The van der Waals surface area contributed by atoms with Crippen LogP contribution in [0.4, 0.5) is 4.39 Å². The van der Waals surface area contributed by atoms with Gasteiger partial charge in [-0.1, -0.05) is 24.2 Å². The van der Waals surface area contributed by atoms with E-state index in [0.717, 1.165) is 37.0 Å². The van der Waals surface area contributed by atoms with E-state index in [1.807, 2.05) is 12.1 Å². The van der Waals surface area contributed by atoms with Gasteiger partial charge in [-0.3, -0.25) is 0 Å². The Morgan fingerprint density at radius 1 is 1.27 bits per heavy atom. The largest absolute Gasteiger partial charge is 0.399 e. The van der Waals surface area contributed by atoms with E-state index in [2.05, 4.69) is 12.1 Å². The number of halogens is 1. The smallest absolute Gasteiger partial charge is 0.123 e. The summed E-state index contributed by atoms with van der Waals surface area (Å²) in [5.41, 5.74) is 2.16. The molecule has 0 amide bonds. The number of oxime groups is 1. The third kappa shape index (κ3) is 2.76. The molecule has 2 aliphatic rings. The second-order valence-corrected chi connectivity index (χ2v) is 6.61. The number of benzene rings is 1. The summed E-state index contributed by atoms with van der Waals surface area (Å²) in [5, 5.41) is 14.7. The van der Waals surface area contributed by atoms with E-state index in [9.17, 15) is 9.50 Å². The summed E-state index contributed by atoms with van der Waals surface area (Å²) in [6.07, 6.45) is 3.53. The lowest BCUT2D eigenvalue weighted by atomic mass is 9.67. The molecule has 1 aromatic rings. The van der Waals surface area contributed by atoms with Crippen molar-refractivity contribution >= 4 is 5.71 Å². The van der Waals surface area contributed by atoms with Gasteiger partial charge in [-0.15, -0.1) is 0 Å². The van der Waals surface area contributed by atoms with Gasteiger partial charge in [0.05, 0.1) is 11.8 Å². The number of aliphatic hydroxyl groups is 1. The molecule has 0 spiro atoms. The first-order chi connectivity index (χ1) is 10.6. The highest BCUT2D eigenvalue weighted by Crippen LogP contribution is 2.52. The molecule has 2 aliphatic carbocycles. The lowest BCUT2D eigenvalue weighted by Gasteiger charge is -2.38. The standard InChI is InChI=1S/C18H24FNO2/c1-3-16(20-22-2)18-14(12-4-6-13(19)7-5-12)8-11-9-15(18)17(21)10-11/h4-7,11,14-15,17-18,21H,3,8-10H2,1-2H3/t11?,14-,15-,17?,18-/m0/s1. The van der Waals surface area contributed by atoms with Crippen LogP contribution in [0.1, 0.15) is 44.1 Å². The number of hydrogen-bond donors (Lipinski definition) is 1. The third-order valence-corrected chi connectivity index (χ3v) is 5.41. The zero-order valence-electron chi connectivity index (χ0n) is 13.2. The van der Waals surface area contributed by atoms with Crippen molar-refractivity contribution in [2.24, 2.45) is 22.9 Å². The van der Waals surface area contributed by atoms with Crippen LogP contribution in [-0.4, -0.2) is 24.0 Å². The first-order valence-corrected chi connectivity index (χ1v) is 8.17. The summed E-state index contributed by atoms with van der Waals surface area (Å²) in [6, 6.07) is 6.81. The van der Waals surface area contributed by atoms with Crippen LogP contribution in [0.15, 0.2) is 29.4 Å². The molecule has 1 N–H and O–H groups in total. The van der Waals surface area contributed by atoms with E-state index in [1.54, 1.807) is 7.11 Å². The minimum atomic E-state index is -0.256. The minimum absolute atomic E-state index is 0.184.